The van der Waals surface area contributed by atoms with E-state index in [2.05, 4.69) is 14.7 Å². The number of rotatable bonds is 9. The number of nitrogens with zero attached hydrogens (tertiary/aromatic N) is 3. The maximum Gasteiger partial charge on any atom is 0.213 e. The Morgan fingerprint density at radius 2 is 1.75 bits per heavy atom. The topological polar surface area (TPSA) is 122 Å². The van der Waals surface area contributed by atoms with E-state index in [0.717, 1.165) is 0 Å². The number of ether oxygens (including phenoxy) is 3. The van der Waals surface area contributed by atoms with Gasteiger partial charge in [0.2, 0.25) is 5.88 Å². The van der Waals surface area contributed by atoms with Gasteiger partial charge in [0.15, 0.2) is 11.6 Å². The zero-order chi connectivity index (χ0) is 23.3. The summed E-state index contributed by atoms with van der Waals surface area (Å²) >= 11 is 1.38. The van der Waals surface area contributed by atoms with Crippen molar-refractivity contribution in [3.05, 3.63) is 47.9 Å². The molecule has 0 bridgehead atoms. The average Bonchev–Trinajstić information content (AvgIpc) is 3.15. The van der Waals surface area contributed by atoms with E-state index in [4.69, 9.17) is 25.7 Å². The maximum absolute atomic E-state index is 6.43. The van der Waals surface area contributed by atoms with Crippen LogP contribution in [0.2, 0.25) is 0 Å². The van der Waals surface area contributed by atoms with Gasteiger partial charge in [0.05, 0.1) is 26.5 Å². The number of benzene rings is 1. The summed E-state index contributed by atoms with van der Waals surface area (Å²) in [5.74, 6) is 2.89. The normalized spacial score (nSPS) is 11.7. The summed E-state index contributed by atoms with van der Waals surface area (Å²) in [5, 5.41) is 0. The van der Waals surface area contributed by atoms with E-state index in [9.17, 15) is 0 Å². The number of para-hydroxylation sites is 1. The Morgan fingerprint density at radius 3 is 2.34 bits per heavy atom. The first-order valence-corrected chi connectivity index (χ1v) is 11.1. The fraction of sp³-hybridized carbons (Fsp3) is 0.273. The number of nitrogens with one attached hydrogen (secondary N) is 1. The van der Waals surface area contributed by atoms with Crippen molar-refractivity contribution in [3.63, 3.8) is 0 Å². The molecular weight excluding hydrogens is 428 g/mol. The maximum atomic E-state index is 6.43. The lowest BCUT2D eigenvalue weighted by atomic mass is 10.1. The lowest BCUT2D eigenvalue weighted by Crippen LogP contribution is -2.16. The summed E-state index contributed by atoms with van der Waals surface area (Å²) in [6, 6.07) is 11.0. The summed E-state index contributed by atoms with van der Waals surface area (Å²) in [4.78, 5) is 9.28. The molecule has 3 aromatic rings. The number of aromatic nitrogens is 3. The Bertz CT molecular complexity index is 1110. The van der Waals surface area contributed by atoms with Gasteiger partial charge in [-0.05, 0) is 32.0 Å². The third kappa shape index (κ3) is 4.40. The molecule has 9 nitrogen and oxygen atoms in total. The summed E-state index contributed by atoms with van der Waals surface area (Å²) in [7, 11) is 3.19. The van der Waals surface area contributed by atoms with Crippen molar-refractivity contribution in [2.75, 3.05) is 32.8 Å². The Balaban J connectivity index is 2.41. The number of anilines is 1. The first kappa shape index (κ1) is 23.1. The average molecular weight is 457 g/mol. The van der Waals surface area contributed by atoms with Crippen LogP contribution in [0.3, 0.4) is 0 Å². The number of methoxy groups -OCH3 is 2. The van der Waals surface area contributed by atoms with Crippen molar-refractivity contribution in [1.82, 2.24) is 19.3 Å². The predicted molar refractivity (Wildman–Crippen MR) is 129 cm³/mol. The Labute approximate surface area is 191 Å². The molecule has 0 unspecified atom stereocenters. The monoisotopic (exact) mass is 456 g/mol. The molecule has 0 atom stereocenters. The van der Waals surface area contributed by atoms with Crippen LogP contribution >= 0.6 is 11.9 Å². The zero-order valence-corrected chi connectivity index (χ0v) is 19.6. The minimum atomic E-state index is 0.292. The number of hydrogen-bond acceptors (Lipinski definition) is 9. The van der Waals surface area contributed by atoms with E-state index in [1.54, 1.807) is 20.3 Å². The quantitative estimate of drug-likeness (QED) is 0.415. The molecule has 2 heterocycles. The molecule has 1 aromatic carbocycles. The van der Waals surface area contributed by atoms with Gasteiger partial charge in [0, 0.05) is 17.9 Å². The van der Waals surface area contributed by atoms with Crippen LogP contribution in [0.1, 0.15) is 19.5 Å². The summed E-state index contributed by atoms with van der Waals surface area (Å²) in [5.41, 5.74) is 15.2. The van der Waals surface area contributed by atoms with E-state index < -0.39 is 0 Å². The summed E-state index contributed by atoms with van der Waals surface area (Å²) in [6.07, 6.45) is 1.89. The van der Waals surface area contributed by atoms with Gasteiger partial charge in [0.1, 0.15) is 28.7 Å². The molecular formula is C22H28N6O3S. The highest BCUT2D eigenvalue weighted by atomic mass is 32.2. The van der Waals surface area contributed by atoms with Gasteiger partial charge in [-0.25, -0.2) is 9.97 Å². The lowest BCUT2D eigenvalue weighted by molar-refractivity contribution is 0.327. The third-order valence-electron chi connectivity index (χ3n) is 4.75. The largest absolute Gasteiger partial charge is 0.494 e. The second kappa shape index (κ2) is 10.2. The van der Waals surface area contributed by atoms with Gasteiger partial charge >= 0.3 is 0 Å². The Kier molecular flexibility index (Phi) is 7.37. The van der Waals surface area contributed by atoms with Crippen molar-refractivity contribution in [2.45, 2.75) is 13.8 Å². The second-order valence-corrected chi connectivity index (χ2v) is 7.27. The fourth-order valence-corrected chi connectivity index (χ4v) is 3.69. The molecule has 32 heavy (non-hydrogen) atoms. The van der Waals surface area contributed by atoms with Crippen molar-refractivity contribution < 1.29 is 14.2 Å². The van der Waals surface area contributed by atoms with Gasteiger partial charge in [-0.3, -0.25) is 4.57 Å². The number of nitrogens with two attached hydrogens (primary N) is 2. The number of pyridine rings is 1. The smallest absolute Gasteiger partial charge is 0.213 e. The molecule has 0 spiro atoms. The van der Waals surface area contributed by atoms with Gasteiger partial charge in [0.25, 0.3) is 0 Å². The SMILES string of the molecule is CCOc1cccc(-c2nc(N)c(/C(C)=C(\N)NSC)n2-c2c(OC)cccc2OC)n1. The molecule has 10 heteroatoms. The molecule has 0 aliphatic carbocycles. The highest BCUT2D eigenvalue weighted by molar-refractivity contribution is 7.96. The van der Waals surface area contributed by atoms with Crippen molar-refractivity contribution >= 4 is 23.3 Å². The van der Waals surface area contributed by atoms with Crippen LogP contribution in [-0.2, 0) is 0 Å². The van der Waals surface area contributed by atoms with E-state index in [1.165, 1.54) is 11.9 Å². The van der Waals surface area contributed by atoms with Gasteiger partial charge in [-0.2, -0.15) is 0 Å². The van der Waals surface area contributed by atoms with Gasteiger partial charge in [-0.1, -0.05) is 24.1 Å². The van der Waals surface area contributed by atoms with Gasteiger partial charge < -0.3 is 30.4 Å². The molecule has 3 rings (SSSR count). The zero-order valence-electron chi connectivity index (χ0n) is 18.8. The molecule has 0 saturated heterocycles. The fourth-order valence-electron chi connectivity index (χ4n) is 3.32. The molecule has 5 N–H and O–H groups in total. The molecule has 0 saturated carbocycles. The predicted octanol–water partition coefficient (Wildman–Crippen LogP) is 3.45. The highest BCUT2D eigenvalue weighted by Gasteiger charge is 2.26. The van der Waals surface area contributed by atoms with Crippen LogP contribution in [0.15, 0.2) is 42.2 Å². The summed E-state index contributed by atoms with van der Waals surface area (Å²) in [6.45, 7) is 4.27. The lowest BCUT2D eigenvalue weighted by Gasteiger charge is -2.19. The van der Waals surface area contributed by atoms with Crippen LogP contribution in [0, 0.1) is 0 Å². The summed E-state index contributed by atoms with van der Waals surface area (Å²) < 4.78 is 21.8. The number of imidazole rings is 1. The standard InChI is InChI=1S/C22H28N6O3S/c1-6-31-17-12-7-9-14(25-17)22-26-21(24)18(13(2)20(23)27-32-5)28(22)19-15(29-3)10-8-11-16(19)30-4/h7-12,27H,6,23-24H2,1-5H3/b20-13+. The first-order chi connectivity index (χ1) is 15.5. The minimum absolute atomic E-state index is 0.292. The van der Waals surface area contributed by atoms with E-state index in [1.807, 2.05) is 55.0 Å². The first-order valence-electron chi connectivity index (χ1n) is 9.92. The molecule has 0 aliphatic heterocycles. The molecule has 0 fully saturated rings. The molecule has 170 valence electrons. The van der Waals surface area contributed by atoms with E-state index >= 15 is 0 Å². The molecule has 0 amide bonds. The highest BCUT2D eigenvalue weighted by Crippen LogP contribution is 2.40. The van der Waals surface area contributed by atoms with Crippen molar-refractivity contribution in [3.8, 4) is 34.6 Å². The van der Waals surface area contributed by atoms with Crippen LogP contribution < -0.4 is 30.4 Å². The Hall–Kier alpha value is -3.53. The Morgan fingerprint density at radius 1 is 1.09 bits per heavy atom. The van der Waals surface area contributed by atoms with Gasteiger partial charge in [-0.15, -0.1) is 0 Å². The molecule has 2 aromatic heterocycles. The van der Waals surface area contributed by atoms with E-state index in [-0.39, 0.29) is 0 Å². The van der Waals surface area contributed by atoms with E-state index in [0.29, 0.717) is 64.1 Å². The third-order valence-corrected chi connectivity index (χ3v) is 5.17. The number of nitrogen functional groups attached to an aromatic ring is 1. The van der Waals surface area contributed by atoms with Crippen LogP contribution in [0.4, 0.5) is 5.82 Å². The molecule has 0 aliphatic rings. The molecule has 0 radical (unpaired) electrons. The van der Waals surface area contributed by atoms with Crippen LogP contribution in [-0.4, -0.2) is 41.6 Å². The van der Waals surface area contributed by atoms with Crippen LogP contribution in [0.5, 0.6) is 17.4 Å². The van der Waals surface area contributed by atoms with Crippen molar-refractivity contribution in [2.24, 2.45) is 5.73 Å². The minimum Gasteiger partial charge on any atom is -0.494 e. The van der Waals surface area contributed by atoms with Crippen LogP contribution in [0.25, 0.3) is 22.8 Å². The number of hydrogen-bond donors (Lipinski definition) is 3. The number of allylic oxidation sites excluding steroid dienone is 1. The second-order valence-electron chi connectivity index (χ2n) is 6.65. The van der Waals surface area contributed by atoms with Crippen molar-refractivity contribution in [1.29, 1.82) is 0 Å².